The van der Waals surface area contributed by atoms with Crippen LogP contribution in [0.15, 0.2) is 53.7 Å². The topological polar surface area (TPSA) is 85.6 Å². The van der Waals surface area contributed by atoms with E-state index in [1.54, 1.807) is 36.8 Å². The molecule has 1 N–H and O–H groups in total. The van der Waals surface area contributed by atoms with Crippen LogP contribution in [0.3, 0.4) is 0 Å². The van der Waals surface area contributed by atoms with E-state index in [1.807, 2.05) is 6.07 Å². The van der Waals surface area contributed by atoms with Crippen LogP contribution in [0.25, 0.3) is 5.69 Å². The summed E-state index contributed by atoms with van der Waals surface area (Å²) in [5.41, 5.74) is 1.03. The van der Waals surface area contributed by atoms with Crippen LogP contribution in [0.1, 0.15) is 10.5 Å². The first-order valence-electron chi connectivity index (χ1n) is 5.98. The molecule has 0 radical (unpaired) electrons. The average Bonchev–Trinajstić information content (AvgIpc) is 2.97. The zero-order valence-corrected chi connectivity index (χ0v) is 12.2. The van der Waals surface area contributed by atoms with Crippen LogP contribution in [0.2, 0.25) is 0 Å². The minimum atomic E-state index is -0.383. The maximum absolute atomic E-state index is 12.1. The molecule has 1 amide bonds. The highest BCUT2D eigenvalue weighted by molar-refractivity contribution is 9.10. The fourth-order valence-corrected chi connectivity index (χ4v) is 2.08. The van der Waals surface area contributed by atoms with Crippen LogP contribution in [0, 0.1) is 0 Å². The summed E-state index contributed by atoms with van der Waals surface area (Å²) in [5.74, 6) is -0.187. The maximum atomic E-state index is 12.1. The molecule has 3 rings (SSSR count). The highest BCUT2D eigenvalue weighted by Gasteiger charge is 2.13. The summed E-state index contributed by atoms with van der Waals surface area (Å²) in [6, 6.07) is 7.10. The summed E-state index contributed by atoms with van der Waals surface area (Å²) < 4.78 is 2.13. The first-order chi connectivity index (χ1) is 10.2. The molecule has 21 heavy (non-hydrogen) atoms. The Balaban J connectivity index is 1.79. The van der Waals surface area contributed by atoms with E-state index in [0.29, 0.717) is 4.47 Å². The Labute approximate surface area is 128 Å². The molecule has 7 nitrogen and oxygen atoms in total. The number of hydrogen-bond acceptors (Lipinski definition) is 5. The van der Waals surface area contributed by atoms with Crippen molar-refractivity contribution < 1.29 is 4.79 Å². The van der Waals surface area contributed by atoms with E-state index in [1.165, 1.54) is 11.0 Å². The lowest BCUT2D eigenvalue weighted by Crippen LogP contribution is -2.15. The van der Waals surface area contributed by atoms with Crippen LogP contribution in [0.5, 0.6) is 0 Å². The van der Waals surface area contributed by atoms with Gasteiger partial charge in [0.1, 0.15) is 12.0 Å². The lowest BCUT2D eigenvalue weighted by atomic mass is 10.3. The van der Waals surface area contributed by atoms with Crippen LogP contribution >= 0.6 is 15.9 Å². The quantitative estimate of drug-likeness (QED) is 0.785. The van der Waals surface area contributed by atoms with Crippen LogP contribution in [0.4, 0.5) is 5.95 Å². The van der Waals surface area contributed by atoms with Crippen LogP contribution in [-0.4, -0.2) is 30.6 Å². The SMILES string of the molecule is O=C(Nc1ncn(-c2cccnc2)n1)c1ncccc1Br. The number of pyridine rings is 2. The molecule has 0 aliphatic rings. The van der Waals surface area contributed by atoms with E-state index in [2.05, 4.69) is 41.3 Å². The van der Waals surface area contributed by atoms with Gasteiger partial charge in [0.05, 0.1) is 11.9 Å². The molecule has 0 aliphatic heterocycles. The highest BCUT2D eigenvalue weighted by atomic mass is 79.9. The van der Waals surface area contributed by atoms with Crippen molar-refractivity contribution in [2.75, 3.05) is 5.32 Å². The number of amides is 1. The van der Waals surface area contributed by atoms with Gasteiger partial charge < -0.3 is 0 Å². The number of anilines is 1. The number of halogens is 1. The van der Waals surface area contributed by atoms with Gasteiger partial charge >= 0.3 is 0 Å². The second kappa shape index (κ2) is 5.80. The zero-order valence-electron chi connectivity index (χ0n) is 10.6. The Morgan fingerprint density at radius 3 is 2.81 bits per heavy atom. The molecule has 0 unspecified atom stereocenters. The molecule has 0 aliphatic carbocycles. The third-order valence-electron chi connectivity index (χ3n) is 2.60. The van der Waals surface area contributed by atoms with Crippen molar-refractivity contribution in [3.8, 4) is 5.69 Å². The summed E-state index contributed by atoms with van der Waals surface area (Å²) in [6.07, 6.45) is 6.36. The van der Waals surface area contributed by atoms with Crippen molar-refractivity contribution in [3.05, 3.63) is 59.3 Å². The Morgan fingerprint density at radius 2 is 2.05 bits per heavy atom. The molecule has 3 heterocycles. The second-order valence-electron chi connectivity index (χ2n) is 4.01. The second-order valence-corrected chi connectivity index (χ2v) is 4.87. The molecule has 0 bridgehead atoms. The van der Waals surface area contributed by atoms with Gasteiger partial charge in [-0.15, -0.1) is 5.10 Å². The summed E-state index contributed by atoms with van der Waals surface area (Å²) in [5, 5.41) is 6.76. The number of nitrogens with zero attached hydrogens (tertiary/aromatic N) is 5. The van der Waals surface area contributed by atoms with Gasteiger partial charge in [-0.05, 0) is 40.2 Å². The first kappa shape index (κ1) is 13.4. The minimum absolute atomic E-state index is 0.196. The van der Waals surface area contributed by atoms with Crippen LogP contribution < -0.4 is 5.32 Å². The van der Waals surface area contributed by atoms with E-state index in [-0.39, 0.29) is 17.5 Å². The van der Waals surface area contributed by atoms with Crippen molar-refractivity contribution in [2.24, 2.45) is 0 Å². The number of aromatic nitrogens is 5. The van der Waals surface area contributed by atoms with Gasteiger partial charge in [-0.25, -0.2) is 9.67 Å². The van der Waals surface area contributed by atoms with E-state index < -0.39 is 0 Å². The average molecular weight is 345 g/mol. The molecule has 0 saturated carbocycles. The van der Waals surface area contributed by atoms with Gasteiger partial charge in [0.15, 0.2) is 0 Å². The fourth-order valence-electron chi connectivity index (χ4n) is 1.65. The normalized spacial score (nSPS) is 10.3. The standard InChI is InChI=1S/C13H9BrN6O/c14-10-4-2-6-16-11(10)12(21)18-13-17-8-20(19-13)9-3-1-5-15-7-9/h1-8H,(H,18,19,21). The highest BCUT2D eigenvalue weighted by Crippen LogP contribution is 2.14. The zero-order chi connectivity index (χ0) is 14.7. The largest absolute Gasteiger partial charge is 0.288 e. The minimum Gasteiger partial charge on any atom is -0.288 e. The van der Waals surface area contributed by atoms with Crippen LogP contribution in [-0.2, 0) is 0 Å². The van der Waals surface area contributed by atoms with Crippen molar-refractivity contribution in [1.29, 1.82) is 0 Å². The number of nitrogens with one attached hydrogen (secondary N) is 1. The monoisotopic (exact) mass is 344 g/mol. The number of carbonyl (C=O) groups excluding carboxylic acids is 1. The number of rotatable bonds is 3. The molecule has 0 saturated heterocycles. The molecule has 0 aromatic carbocycles. The van der Waals surface area contributed by atoms with E-state index in [9.17, 15) is 4.79 Å². The van der Waals surface area contributed by atoms with Crippen molar-refractivity contribution in [3.63, 3.8) is 0 Å². The Hall–Kier alpha value is -2.61. The fraction of sp³-hybridized carbons (Fsp3) is 0. The Bertz CT molecular complexity index is 773. The molecule has 0 fully saturated rings. The molecule has 0 atom stereocenters. The molecule has 3 aromatic heterocycles. The van der Waals surface area contributed by atoms with Gasteiger partial charge in [-0.3, -0.25) is 15.1 Å². The third kappa shape index (κ3) is 2.95. The molecule has 3 aromatic rings. The summed E-state index contributed by atoms with van der Waals surface area (Å²) in [7, 11) is 0. The van der Waals surface area contributed by atoms with Gasteiger partial charge in [-0.1, -0.05) is 0 Å². The molecular formula is C13H9BrN6O. The summed E-state index contributed by atoms with van der Waals surface area (Å²) in [6.45, 7) is 0. The molecule has 104 valence electrons. The van der Waals surface area contributed by atoms with Crippen molar-refractivity contribution in [1.82, 2.24) is 24.7 Å². The smallest absolute Gasteiger partial charge is 0.277 e. The van der Waals surface area contributed by atoms with Gasteiger partial charge in [-0.2, -0.15) is 4.98 Å². The predicted molar refractivity (Wildman–Crippen MR) is 79.0 cm³/mol. The predicted octanol–water partition coefficient (Wildman–Crippen LogP) is 2.07. The number of carbonyl (C=O) groups is 1. The third-order valence-corrected chi connectivity index (χ3v) is 3.24. The van der Waals surface area contributed by atoms with E-state index in [4.69, 9.17) is 0 Å². The summed E-state index contributed by atoms with van der Waals surface area (Å²) >= 11 is 3.27. The van der Waals surface area contributed by atoms with E-state index in [0.717, 1.165) is 5.69 Å². The first-order valence-corrected chi connectivity index (χ1v) is 6.77. The summed E-state index contributed by atoms with van der Waals surface area (Å²) in [4.78, 5) is 24.1. The lowest BCUT2D eigenvalue weighted by molar-refractivity contribution is 0.102. The molecular weight excluding hydrogens is 336 g/mol. The Kier molecular flexibility index (Phi) is 3.69. The van der Waals surface area contributed by atoms with Gasteiger partial charge in [0, 0.05) is 16.9 Å². The van der Waals surface area contributed by atoms with Crippen molar-refractivity contribution >= 4 is 27.8 Å². The molecule has 8 heteroatoms. The number of hydrogen-bond donors (Lipinski definition) is 1. The van der Waals surface area contributed by atoms with E-state index >= 15 is 0 Å². The van der Waals surface area contributed by atoms with Gasteiger partial charge in [0.2, 0.25) is 5.95 Å². The van der Waals surface area contributed by atoms with Crippen molar-refractivity contribution in [2.45, 2.75) is 0 Å². The Morgan fingerprint density at radius 1 is 1.19 bits per heavy atom. The van der Waals surface area contributed by atoms with Gasteiger partial charge in [0.25, 0.3) is 5.91 Å². The lowest BCUT2D eigenvalue weighted by Gasteiger charge is -2.02. The maximum Gasteiger partial charge on any atom is 0.277 e. The molecule has 0 spiro atoms.